The van der Waals surface area contributed by atoms with Gasteiger partial charge < -0.3 is 5.11 Å². The molecular formula is C18H15NO2S. The van der Waals surface area contributed by atoms with Crippen molar-refractivity contribution in [2.24, 2.45) is 0 Å². The van der Waals surface area contributed by atoms with E-state index in [-0.39, 0.29) is 6.42 Å². The number of benzene rings is 2. The molecule has 0 saturated heterocycles. The summed E-state index contributed by atoms with van der Waals surface area (Å²) in [6.45, 7) is 0. The second kappa shape index (κ2) is 6.54. The topological polar surface area (TPSA) is 50.2 Å². The van der Waals surface area contributed by atoms with Crippen LogP contribution in [0.4, 0.5) is 0 Å². The van der Waals surface area contributed by atoms with Crippen molar-refractivity contribution in [3.8, 4) is 0 Å². The molecular weight excluding hydrogens is 294 g/mol. The maximum absolute atomic E-state index is 10.9. The molecule has 1 N–H and O–H groups in total. The fourth-order valence-corrected chi connectivity index (χ4v) is 3.25. The van der Waals surface area contributed by atoms with Gasteiger partial charge in [0.1, 0.15) is 5.01 Å². The lowest BCUT2D eigenvalue weighted by Crippen LogP contribution is -1.95. The van der Waals surface area contributed by atoms with Gasteiger partial charge in [-0.2, -0.15) is 0 Å². The number of carboxylic acids is 1. The zero-order chi connectivity index (χ0) is 15.4. The predicted molar refractivity (Wildman–Crippen MR) is 90.8 cm³/mol. The molecule has 3 nitrogen and oxygen atoms in total. The van der Waals surface area contributed by atoms with Crippen LogP contribution in [0.15, 0.2) is 54.6 Å². The highest BCUT2D eigenvalue weighted by atomic mass is 32.1. The Bertz CT molecular complexity index is 788. The number of rotatable bonds is 5. The molecule has 0 unspecified atom stereocenters. The Labute approximate surface area is 132 Å². The third-order valence-corrected chi connectivity index (χ3v) is 4.43. The number of carbonyl (C=O) groups is 1. The number of nitrogens with zero attached hydrogens (tertiary/aromatic N) is 1. The summed E-state index contributed by atoms with van der Waals surface area (Å²) in [5.74, 6) is -0.792. The van der Waals surface area contributed by atoms with E-state index in [1.54, 1.807) is 11.3 Å². The molecule has 0 bridgehead atoms. The van der Waals surface area contributed by atoms with Crippen molar-refractivity contribution in [1.29, 1.82) is 0 Å². The standard InChI is InChI=1S/C18H15NO2S/c20-17(21)11-10-14(12-13-6-2-1-3-7-13)18-19-15-8-4-5-9-16(15)22-18/h1-9,12H,10-11H2,(H,20,21)/b14-12+. The molecule has 4 heteroatoms. The van der Waals surface area contributed by atoms with Crippen LogP contribution in [0.25, 0.3) is 21.9 Å². The third-order valence-electron chi connectivity index (χ3n) is 3.32. The summed E-state index contributed by atoms with van der Waals surface area (Å²) < 4.78 is 1.12. The molecule has 3 aromatic rings. The lowest BCUT2D eigenvalue weighted by molar-refractivity contribution is -0.136. The Hall–Kier alpha value is -2.46. The van der Waals surface area contributed by atoms with Crippen molar-refractivity contribution >= 4 is 39.2 Å². The number of fused-ring (bicyclic) bond motifs is 1. The van der Waals surface area contributed by atoms with Crippen LogP contribution >= 0.6 is 11.3 Å². The summed E-state index contributed by atoms with van der Waals surface area (Å²) in [6, 6.07) is 17.9. The summed E-state index contributed by atoms with van der Waals surface area (Å²) >= 11 is 1.60. The van der Waals surface area contributed by atoms with Crippen LogP contribution in [0.2, 0.25) is 0 Å². The first-order chi connectivity index (χ1) is 10.7. The maximum Gasteiger partial charge on any atom is 0.303 e. The van der Waals surface area contributed by atoms with E-state index in [1.165, 1.54) is 0 Å². The maximum atomic E-state index is 10.9. The number of thiazole rings is 1. The lowest BCUT2D eigenvalue weighted by Gasteiger charge is -2.03. The number of aliphatic carboxylic acids is 1. The molecule has 0 aliphatic rings. The van der Waals surface area contributed by atoms with Gasteiger partial charge in [0, 0.05) is 6.42 Å². The first-order valence-electron chi connectivity index (χ1n) is 7.06. The van der Waals surface area contributed by atoms with E-state index in [0.29, 0.717) is 6.42 Å². The number of hydrogen-bond donors (Lipinski definition) is 1. The van der Waals surface area contributed by atoms with Crippen LogP contribution < -0.4 is 0 Å². The smallest absolute Gasteiger partial charge is 0.303 e. The van der Waals surface area contributed by atoms with E-state index < -0.39 is 5.97 Å². The fraction of sp³-hybridized carbons (Fsp3) is 0.111. The summed E-state index contributed by atoms with van der Waals surface area (Å²) in [7, 11) is 0. The number of aromatic nitrogens is 1. The van der Waals surface area contributed by atoms with Crippen molar-refractivity contribution in [3.05, 3.63) is 65.2 Å². The Morgan fingerprint density at radius 2 is 1.77 bits per heavy atom. The van der Waals surface area contributed by atoms with Gasteiger partial charge in [-0.25, -0.2) is 4.98 Å². The summed E-state index contributed by atoms with van der Waals surface area (Å²) in [5.41, 5.74) is 2.98. The molecule has 22 heavy (non-hydrogen) atoms. The number of allylic oxidation sites excluding steroid dienone is 1. The van der Waals surface area contributed by atoms with Gasteiger partial charge in [-0.05, 0) is 35.8 Å². The molecule has 0 radical (unpaired) electrons. The van der Waals surface area contributed by atoms with Gasteiger partial charge in [0.05, 0.1) is 10.2 Å². The monoisotopic (exact) mass is 309 g/mol. The first kappa shape index (κ1) is 14.5. The van der Waals surface area contributed by atoms with Crippen molar-refractivity contribution in [1.82, 2.24) is 4.98 Å². The Kier molecular flexibility index (Phi) is 4.30. The Morgan fingerprint density at radius 1 is 1.05 bits per heavy atom. The molecule has 110 valence electrons. The molecule has 0 aliphatic heterocycles. The van der Waals surface area contributed by atoms with Gasteiger partial charge in [-0.3, -0.25) is 4.79 Å². The zero-order valence-corrected chi connectivity index (χ0v) is 12.7. The van der Waals surface area contributed by atoms with Crippen molar-refractivity contribution in [2.75, 3.05) is 0 Å². The van der Waals surface area contributed by atoms with Crippen LogP contribution in [-0.4, -0.2) is 16.1 Å². The first-order valence-corrected chi connectivity index (χ1v) is 7.87. The van der Waals surface area contributed by atoms with E-state index in [2.05, 4.69) is 4.98 Å². The van der Waals surface area contributed by atoms with Crippen molar-refractivity contribution in [3.63, 3.8) is 0 Å². The molecule has 0 atom stereocenters. The summed E-state index contributed by atoms with van der Waals surface area (Å²) in [6.07, 6.45) is 2.61. The largest absolute Gasteiger partial charge is 0.481 e. The van der Waals surface area contributed by atoms with Crippen LogP contribution in [0.1, 0.15) is 23.4 Å². The van der Waals surface area contributed by atoms with E-state index in [4.69, 9.17) is 5.11 Å². The molecule has 0 amide bonds. The number of hydrogen-bond acceptors (Lipinski definition) is 3. The Morgan fingerprint density at radius 3 is 2.50 bits per heavy atom. The van der Waals surface area contributed by atoms with Gasteiger partial charge in [0.25, 0.3) is 0 Å². The molecule has 0 aliphatic carbocycles. The van der Waals surface area contributed by atoms with Crippen molar-refractivity contribution < 1.29 is 9.90 Å². The minimum Gasteiger partial charge on any atom is -0.481 e. The highest BCUT2D eigenvalue weighted by Gasteiger charge is 2.10. The average molecular weight is 309 g/mol. The van der Waals surface area contributed by atoms with Gasteiger partial charge in [0.2, 0.25) is 0 Å². The molecule has 2 aromatic carbocycles. The second-order valence-corrected chi connectivity index (χ2v) is 5.99. The zero-order valence-electron chi connectivity index (χ0n) is 11.9. The SMILES string of the molecule is O=C(O)CC/C(=C\c1ccccc1)c1nc2ccccc2s1. The highest BCUT2D eigenvalue weighted by Crippen LogP contribution is 2.30. The van der Waals surface area contributed by atoms with Crippen LogP contribution in [0, 0.1) is 0 Å². The molecule has 3 rings (SSSR count). The molecule has 0 fully saturated rings. The molecule has 1 aromatic heterocycles. The highest BCUT2D eigenvalue weighted by molar-refractivity contribution is 7.19. The number of para-hydroxylation sites is 1. The van der Waals surface area contributed by atoms with Crippen LogP contribution in [0.3, 0.4) is 0 Å². The Balaban J connectivity index is 2.00. The van der Waals surface area contributed by atoms with Crippen LogP contribution in [0.5, 0.6) is 0 Å². The molecule has 0 saturated carbocycles. The average Bonchev–Trinajstić information content (AvgIpc) is 2.96. The molecule has 0 spiro atoms. The van der Waals surface area contributed by atoms with E-state index in [0.717, 1.165) is 26.4 Å². The van der Waals surface area contributed by atoms with E-state index in [9.17, 15) is 4.79 Å². The van der Waals surface area contributed by atoms with Crippen molar-refractivity contribution in [2.45, 2.75) is 12.8 Å². The predicted octanol–water partition coefficient (Wildman–Crippen LogP) is 4.70. The number of carboxylic acid groups (broad SMARTS) is 1. The quantitative estimate of drug-likeness (QED) is 0.743. The van der Waals surface area contributed by atoms with Gasteiger partial charge in [0.15, 0.2) is 0 Å². The third kappa shape index (κ3) is 3.40. The lowest BCUT2D eigenvalue weighted by atomic mass is 10.1. The van der Waals surface area contributed by atoms with Gasteiger partial charge >= 0.3 is 5.97 Å². The van der Waals surface area contributed by atoms with Gasteiger partial charge in [-0.1, -0.05) is 42.5 Å². The minimum absolute atomic E-state index is 0.106. The second-order valence-electron chi connectivity index (χ2n) is 4.96. The minimum atomic E-state index is -0.792. The molecule has 1 heterocycles. The van der Waals surface area contributed by atoms with Crippen LogP contribution in [-0.2, 0) is 4.79 Å². The summed E-state index contributed by atoms with van der Waals surface area (Å²) in [5, 5.41) is 9.87. The van der Waals surface area contributed by atoms with Gasteiger partial charge in [-0.15, -0.1) is 11.3 Å². The normalized spacial score (nSPS) is 11.7. The van der Waals surface area contributed by atoms with E-state index in [1.807, 2.05) is 60.7 Å². The van der Waals surface area contributed by atoms with E-state index >= 15 is 0 Å². The summed E-state index contributed by atoms with van der Waals surface area (Å²) in [4.78, 5) is 15.6. The fourth-order valence-electron chi connectivity index (χ4n) is 2.24.